The molecular formula is C31H29ClN2O4S. The summed E-state index contributed by atoms with van der Waals surface area (Å²) in [4.78, 5) is 29.4. The van der Waals surface area contributed by atoms with Crippen molar-refractivity contribution >= 4 is 56.0 Å². The van der Waals surface area contributed by atoms with Crippen molar-refractivity contribution in [3.63, 3.8) is 0 Å². The van der Waals surface area contributed by atoms with Crippen molar-refractivity contribution < 1.29 is 19.1 Å². The Kier molecular flexibility index (Phi) is 8.29. The standard InChI is InChI=1S/C31H29ClN2O4S/c1-37-30(35)17-18-34-26(15-16-29-33-25-5-3-4-6-28(25)39-29)23(13-9-20-7-11-22(32)12-8-20)24-19-21(31(36)38-2)10-14-27(24)34/h3-8,10-12,14,19H,9,13,15-18H2,1-2H3. The van der Waals surface area contributed by atoms with Gasteiger partial charge in [0.25, 0.3) is 0 Å². The van der Waals surface area contributed by atoms with Crippen LogP contribution in [-0.4, -0.2) is 35.7 Å². The molecule has 6 nitrogen and oxygen atoms in total. The molecule has 5 aromatic rings. The molecule has 0 spiro atoms. The fourth-order valence-corrected chi connectivity index (χ4v) is 6.11. The molecule has 0 amide bonds. The highest BCUT2D eigenvalue weighted by Crippen LogP contribution is 2.32. The summed E-state index contributed by atoms with van der Waals surface area (Å²) in [6.45, 7) is 0.483. The summed E-state index contributed by atoms with van der Waals surface area (Å²) < 4.78 is 13.3. The van der Waals surface area contributed by atoms with E-state index in [9.17, 15) is 9.59 Å². The molecule has 2 aromatic heterocycles. The molecule has 3 aromatic carbocycles. The van der Waals surface area contributed by atoms with Crippen LogP contribution in [0.3, 0.4) is 0 Å². The summed E-state index contributed by atoms with van der Waals surface area (Å²) >= 11 is 7.82. The van der Waals surface area contributed by atoms with Crippen LogP contribution in [0.5, 0.6) is 0 Å². The predicted octanol–water partition coefficient (Wildman–Crippen LogP) is 6.82. The average Bonchev–Trinajstić information content (AvgIpc) is 3.51. The van der Waals surface area contributed by atoms with Crippen LogP contribution < -0.4 is 0 Å². The van der Waals surface area contributed by atoms with Crippen molar-refractivity contribution in [2.24, 2.45) is 0 Å². The van der Waals surface area contributed by atoms with Gasteiger partial charge >= 0.3 is 11.9 Å². The highest BCUT2D eigenvalue weighted by Gasteiger charge is 2.20. The predicted molar refractivity (Wildman–Crippen MR) is 156 cm³/mol. The Morgan fingerprint density at radius 2 is 1.72 bits per heavy atom. The van der Waals surface area contributed by atoms with Crippen LogP contribution in [0.1, 0.15) is 38.6 Å². The lowest BCUT2D eigenvalue weighted by atomic mass is 9.99. The van der Waals surface area contributed by atoms with Gasteiger partial charge in [-0.15, -0.1) is 11.3 Å². The van der Waals surface area contributed by atoms with E-state index in [0.29, 0.717) is 17.1 Å². The Hall–Kier alpha value is -3.68. The number of nitrogens with zero attached hydrogens (tertiary/aromatic N) is 2. The van der Waals surface area contributed by atoms with Crippen molar-refractivity contribution in [1.82, 2.24) is 9.55 Å². The molecule has 39 heavy (non-hydrogen) atoms. The Morgan fingerprint density at radius 3 is 2.46 bits per heavy atom. The minimum atomic E-state index is -0.376. The Balaban J connectivity index is 1.57. The lowest BCUT2D eigenvalue weighted by Gasteiger charge is -2.12. The van der Waals surface area contributed by atoms with E-state index in [1.54, 1.807) is 17.4 Å². The second-order valence-electron chi connectivity index (χ2n) is 9.33. The van der Waals surface area contributed by atoms with Gasteiger partial charge in [-0.3, -0.25) is 4.79 Å². The number of esters is 2. The summed E-state index contributed by atoms with van der Waals surface area (Å²) in [5, 5.41) is 2.77. The maximum atomic E-state index is 12.4. The third-order valence-corrected chi connectivity index (χ3v) is 8.31. The molecule has 0 aliphatic carbocycles. The maximum absolute atomic E-state index is 12.4. The van der Waals surface area contributed by atoms with Crippen LogP contribution in [0, 0.1) is 0 Å². The molecule has 0 saturated heterocycles. The van der Waals surface area contributed by atoms with E-state index < -0.39 is 0 Å². The third kappa shape index (κ3) is 6.00. The van der Waals surface area contributed by atoms with Gasteiger partial charge in [-0.25, -0.2) is 9.78 Å². The number of ether oxygens (including phenoxy) is 2. The van der Waals surface area contributed by atoms with Gasteiger partial charge in [-0.1, -0.05) is 35.9 Å². The van der Waals surface area contributed by atoms with E-state index in [0.717, 1.165) is 58.4 Å². The second kappa shape index (κ2) is 12.0. The number of hydrogen-bond acceptors (Lipinski definition) is 6. The zero-order valence-electron chi connectivity index (χ0n) is 21.9. The Bertz CT molecular complexity index is 1610. The first-order valence-corrected chi connectivity index (χ1v) is 14.0. The molecular weight excluding hydrogens is 532 g/mol. The van der Waals surface area contributed by atoms with Crippen LogP contribution in [0.2, 0.25) is 5.02 Å². The maximum Gasteiger partial charge on any atom is 0.337 e. The van der Waals surface area contributed by atoms with Crippen molar-refractivity contribution in [3.8, 4) is 0 Å². The molecule has 200 valence electrons. The van der Waals surface area contributed by atoms with Gasteiger partial charge in [0.05, 0.1) is 41.4 Å². The highest BCUT2D eigenvalue weighted by atomic mass is 35.5. The van der Waals surface area contributed by atoms with Crippen molar-refractivity contribution in [1.29, 1.82) is 0 Å². The number of rotatable bonds is 10. The van der Waals surface area contributed by atoms with E-state index in [4.69, 9.17) is 26.1 Å². The van der Waals surface area contributed by atoms with Crippen LogP contribution >= 0.6 is 22.9 Å². The smallest absolute Gasteiger partial charge is 0.337 e. The summed E-state index contributed by atoms with van der Waals surface area (Å²) in [6, 6.07) is 21.7. The molecule has 0 saturated carbocycles. The quantitative estimate of drug-likeness (QED) is 0.175. The molecule has 0 aliphatic heterocycles. The number of fused-ring (bicyclic) bond motifs is 2. The van der Waals surface area contributed by atoms with Crippen molar-refractivity contribution in [2.45, 2.75) is 38.6 Å². The monoisotopic (exact) mass is 560 g/mol. The average molecular weight is 561 g/mol. The van der Waals surface area contributed by atoms with Gasteiger partial charge < -0.3 is 14.0 Å². The first kappa shape index (κ1) is 26.9. The molecule has 5 rings (SSSR count). The van der Waals surface area contributed by atoms with Crippen LogP contribution in [0.4, 0.5) is 0 Å². The van der Waals surface area contributed by atoms with Crippen molar-refractivity contribution in [3.05, 3.63) is 99.1 Å². The van der Waals surface area contributed by atoms with Crippen molar-refractivity contribution in [2.75, 3.05) is 14.2 Å². The summed E-state index contributed by atoms with van der Waals surface area (Å²) in [5.41, 5.74) is 5.98. The SMILES string of the molecule is COC(=O)CCn1c(CCc2nc3ccccc3s2)c(CCc2ccc(Cl)cc2)c2cc(C(=O)OC)ccc21. The number of thiazole rings is 1. The number of aromatic nitrogens is 2. The zero-order valence-corrected chi connectivity index (χ0v) is 23.5. The number of halogens is 1. The Morgan fingerprint density at radius 1 is 0.923 bits per heavy atom. The molecule has 0 unspecified atom stereocenters. The number of benzene rings is 3. The largest absolute Gasteiger partial charge is 0.469 e. The number of carbonyl (C=O) groups excluding carboxylic acids is 2. The van der Waals surface area contributed by atoms with Gasteiger partial charge in [0.1, 0.15) is 0 Å². The van der Waals surface area contributed by atoms with Gasteiger partial charge in [-0.2, -0.15) is 0 Å². The number of hydrogen-bond donors (Lipinski definition) is 0. The Labute approximate surface area is 236 Å². The van der Waals surface area contributed by atoms with E-state index in [1.807, 2.05) is 54.6 Å². The lowest BCUT2D eigenvalue weighted by molar-refractivity contribution is -0.140. The summed E-state index contributed by atoms with van der Waals surface area (Å²) in [7, 11) is 2.79. The molecule has 0 aliphatic rings. The second-order valence-corrected chi connectivity index (χ2v) is 10.9. The fourth-order valence-electron chi connectivity index (χ4n) is 5.02. The number of aryl methyl sites for hydroxylation is 4. The van der Waals surface area contributed by atoms with Crippen LogP contribution in [0.25, 0.3) is 21.1 Å². The number of para-hydroxylation sites is 1. The molecule has 0 fully saturated rings. The number of carbonyl (C=O) groups is 2. The summed E-state index contributed by atoms with van der Waals surface area (Å²) in [6.07, 6.45) is 3.35. The molecule has 0 N–H and O–H groups in total. The number of methoxy groups -OCH3 is 2. The minimum absolute atomic E-state index is 0.254. The topological polar surface area (TPSA) is 70.4 Å². The van der Waals surface area contributed by atoms with E-state index in [-0.39, 0.29) is 18.4 Å². The zero-order chi connectivity index (χ0) is 27.4. The van der Waals surface area contributed by atoms with E-state index >= 15 is 0 Å². The fraction of sp³-hybridized carbons (Fsp3) is 0.258. The molecule has 0 bridgehead atoms. The first-order chi connectivity index (χ1) is 19.0. The van der Waals surface area contributed by atoms with Gasteiger partial charge in [0.15, 0.2) is 0 Å². The molecule has 0 atom stereocenters. The van der Waals surface area contributed by atoms with Crippen LogP contribution in [0.15, 0.2) is 66.7 Å². The lowest BCUT2D eigenvalue weighted by Crippen LogP contribution is -2.11. The third-order valence-electron chi connectivity index (χ3n) is 6.97. The van der Waals surface area contributed by atoms with E-state index in [1.165, 1.54) is 24.5 Å². The molecule has 2 heterocycles. The normalized spacial score (nSPS) is 11.3. The highest BCUT2D eigenvalue weighted by molar-refractivity contribution is 7.18. The van der Waals surface area contributed by atoms with E-state index in [2.05, 4.69) is 10.6 Å². The van der Waals surface area contributed by atoms with Gasteiger partial charge in [0.2, 0.25) is 0 Å². The van der Waals surface area contributed by atoms with Crippen LogP contribution in [-0.2, 0) is 46.5 Å². The summed E-state index contributed by atoms with van der Waals surface area (Å²) in [5.74, 6) is -0.637. The first-order valence-electron chi connectivity index (χ1n) is 12.8. The van der Waals surface area contributed by atoms with Gasteiger partial charge in [-0.05, 0) is 72.9 Å². The van der Waals surface area contributed by atoms with Gasteiger partial charge in [0, 0.05) is 34.6 Å². The molecule has 8 heteroatoms. The molecule has 0 radical (unpaired) electrons. The minimum Gasteiger partial charge on any atom is -0.469 e.